The highest BCUT2D eigenvalue weighted by atomic mass is 79.9. The first-order valence-corrected chi connectivity index (χ1v) is 6.91. The lowest BCUT2D eigenvalue weighted by atomic mass is 9.88. The third-order valence-electron chi connectivity index (χ3n) is 3.67. The molecule has 2 nitrogen and oxygen atoms in total. The third-order valence-corrected chi connectivity index (χ3v) is 4.56. The molecule has 0 radical (unpaired) electrons. The molecule has 1 N–H and O–H groups in total. The molecule has 1 aromatic carbocycles. The summed E-state index contributed by atoms with van der Waals surface area (Å²) in [5.41, 5.74) is 2.56. The molecule has 1 heterocycles. The summed E-state index contributed by atoms with van der Waals surface area (Å²) in [5.74, 6) is 0. The number of aliphatic hydroxyl groups is 1. The highest BCUT2D eigenvalue weighted by molar-refractivity contribution is 9.10. The SMILES string of the molecule is Cc1cc(N2CC(O)CCC2(C)C)ccc1Br. The zero-order valence-electron chi connectivity index (χ0n) is 10.7. The molecule has 3 heteroatoms. The van der Waals surface area contributed by atoms with E-state index in [-0.39, 0.29) is 11.6 Å². The van der Waals surface area contributed by atoms with Crippen molar-refractivity contribution in [2.75, 3.05) is 11.4 Å². The van der Waals surface area contributed by atoms with E-state index >= 15 is 0 Å². The molecule has 0 amide bonds. The molecule has 0 aromatic heterocycles. The van der Waals surface area contributed by atoms with Crippen molar-refractivity contribution >= 4 is 21.6 Å². The second-order valence-corrected chi connectivity index (χ2v) is 6.40. The van der Waals surface area contributed by atoms with E-state index in [1.165, 1.54) is 11.3 Å². The molecule has 1 atom stereocenters. The van der Waals surface area contributed by atoms with Crippen LogP contribution in [0.1, 0.15) is 32.3 Å². The minimum atomic E-state index is -0.202. The van der Waals surface area contributed by atoms with E-state index in [0.717, 1.165) is 23.9 Å². The Morgan fingerprint density at radius 2 is 2.12 bits per heavy atom. The van der Waals surface area contributed by atoms with Gasteiger partial charge in [-0.1, -0.05) is 15.9 Å². The van der Waals surface area contributed by atoms with Crippen molar-refractivity contribution in [3.63, 3.8) is 0 Å². The van der Waals surface area contributed by atoms with Crippen molar-refractivity contribution in [1.29, 1.82) is 0 Å². The predicted molar refractivity (Wildman–Crippen MR) is 75.5 cm³/mol. The smallest absolute Gasteiger partial charge is 0.0716 e. The number of piperidine rings is 1. The number of benzene rings is 1. The molecular formula is C14H20BrNO. The fourth-order valence-corrected chi connectivity index (χ4v) is 2.70. The summed E-state index contributed by atoms with van der Waals surface area (Å²) in [5, 5.41) is 9.85. The second-order valence-electron chi connectivity index (χ2n) is 5.55. The molecule has 0 bridgehead atoms. The average Bonchev–Trinajstić information content (AvgIpc) is 2.26. The van der Waals surface area contributed by atoms with Gasteiger partial charge in [-0.25, -0.2) is 0 Å². The molecule has 94 valence electrons. The van der Waals surface area contributed by atoms with Crippen LogP contribution < -0.4 is 4.90 Å². The Balaban J connectivity index is 2.33. The van der Waals surface area contributed by atoms with Gasteiger partial charge in [0.05, 0.1) is 6.10 Å². The number of β-amino-alcohol motifs (C(OH)–C–C–N with tert-alkyl or cyclic N) is 1. The van der Waals surface area contributed by atoms with E-state index in [1.807, 2.05) is 0 Å². The van der Waals surface area contributed by atoms with Crippen LogP contribution >= 0.6 is 15.9 Å². The topological polar surface area (TPSA) is 23.5 Å². The minimum absolute atomic E-state index is 0.125. The van der Waals surface area contributed by atoms with Crippen molar-refractivity contribution in [2.45, 2.75) is 45.3 Å². The fourth-order valence-electron chi connectivity index (χ4n) is 2.46. The molecular weight excluding hydrogens is 278 g/mol. The van der Waals surface area contributed by atoms with E-state index < -0.39 is 0 Å². The number of hydrogen-bond acceptors (Lipinski definition) is 2. The first-order chi connectivity index (χ1) is 7.90. The van der Waals surface area contributed by atoms with Crippen LogP contribution in [0.15, 0.2) is 22.7 Å². The van der Waals surface area contributed by atoms with Gasteiger partial charge in [-0.15, -0.1) is 0 Å². The van der Waals surface area contributed by atoms with Crippen LogP contribution in [-0.2, 0) is 0 Å². The second kappa shape index (κ2) is 4.62. The van der Waals surface area contributed by atoms with Gasteiger partial charge in [-0.3, -0.25) is 0 Å². The van der Waals surface area contributed by atoms with Gasteiger partial charge in [-0.2, -0.15) is 0 Å². The molecule has 0 saturated carbocycles. The Morgan fingerprint density at radius 1 is 1.41 bits per heavy atom. The van der Waals surface area contributed by atoms with Crippen LogP contribution in [0.3, 0.4) is 0 Å². The molecule has 17 heavy (non-hydrogen) atoms. The van der Waals surface area contributed by atoms with Crippen LogP contribution in [0.25, 0.3) is 0 Å². The number of aryl methyl sites for hydroxylation is 1. The number of hydrogen-bond donors (Lipinski definition) is 1. The normalized spacial score (nSPS) is 23.8. The molecule has 1 saturated heterocycles. The van der Waals surface area contributed by atoms with Crippen molar-refractivity contribution in [2.24, 2.45) is 0 Å². The fraction of sp³-hybridized carbons (Fsp3) is 0.571. The molecule has 1 fully saturated rings. The van der Waals surface area contributed by atoms with Crippen LogP contribution in [0, 0.1) is 6.92 Å². The first-order valence-electron chi connectivity index (χ1n) is 6.12. The van der Waals surface area contributed by atoms with Crippen molar-refractivity contribution in [3.05, 3.63) is 28.2 Å². The van der Waals surface area contributed by atoms with E-state index in [1.54, 1.807) is 0 Å². The average molecular weight is 298 g/mol. The Bertz CT molecular complexity index is 417. The summed E-state index contributed by atoms with van der Waals surface area (Å²) < 4.78 is 1.14. The van der Waals surface area contributed by atoms with E-state index in [9.17, 15) is 5.11 Å². The van der Waals surface area contributed by atoms with Gasteiger partial charge in [0.1, 0.15) is 0 Å². The minimum Gasteiger partial charge on any atom is -0.391 e. The summed E-state index contributed by atoms with van der Waals surface area (Å²) in [6.45, 7) is 7.32. The lowest BCUT2D eigenvalue weighted by molar-refractivity contribution is 0.126. The number of halogens is 1. The zero-order valence-corrected chi connectivity index (χ0v) is 12.3. The predicted octanol–water partition coefficient (Wildman–Crippen LogP) is 3.50. The molecule has 0 spiro atoms. The van der Waals surface area contributed by atoms with Crippen LogP contribution in [0.2, 0.25) is 0 Å². The van der Waals surface area contributed by atoms with Crippen LogP contribution in [0.4, 0.5) is 5.69 Å². The van der Waals surface area contributed by atoms with Gasteiger partial charge in [0.2, 0.25) is 0 Å². The van der Waals surface area contributed by atoms with Gasteiger partial charge in [0.25, 0.3) is 0 Å². The molecule has 1 aliphatic rings. The van der Waals surface area contributed by atoms with Crippen LogP contribution in [-0.4, -0.2) is 23.3 Å². The number of anilines is 1. The highest BCUT2D eigenvalue weighted by Gasteiger charge is 2.33. The lowest BCUT2D eigenvalue weighted by Crippen LogP contribution is -2.52. The summed E-state index contributed by atoms with van der Waals surface area (Å²) in [4.78, 5) is 2.32. The molecule has 1 unspecified atom stereocenters. The van der Waals surface area contributed by atoms with Crippen molar-refractivity contribution < 1.29 is 5.11 Å². The first kappa shape index (κ1) is 12.9. The largest absolute Gasteiger partial charge is 0.391 e. The number of aliphatic hydroxyl groups excluding tert-OH is 1. The standard InChI is InChI=1S/C14H20BrNO/c1-10-8-11(4-5-13(10)15)16-9-12(17)6-7-14(16,2)3/h4-5,8,12,17H,6-7,9H2,1-3H3. The summed E-state index contributed by atoms with van der Waals surface area (Å²) in [6, 6.07) is 6.39. The van der Waals surface area contributed by atoms with E-state index in [0.29, 0.717) is 0 Å². The number of rotatable bonds is 1. The maximum Gasteiger partial charge on any atom is 0.0716 e. The number of nitrogens with zero attached hydrogens (tertiary/aromatic N) is 1. The molecule has 1 aromatic rings. The van der Waals surface area contributed by atoms with Gasteiger partial charge < -0.3 is 10.0 Å². The van der Waals surface area contributed by atoms with E-state index in [4.69, 9.17) is 0 Å². The molecule has 1 aliphatic heterocycles. The van der Waals surface area contributed by atoms with Crippen LogP contribution in [0.5, 0.6) is 0 Å². The summed E-state index contributed by atoms with van der Waals surface area (Å²) in [6.07, 6.45) is 1.73. The van der Waals surface area contributed by atoms with Gasteiger partial charge in [0, 0.05) is 22.2 Å². The van der Waals surface area contributed by atoms with E-state index in [2.05, 4.69) is 59.8 Å². The van der Waals surface area contributed by atoms with Gasteiger partial charge >= 0.3 is 0 Å². The maximum atomic E-state index is 9.85. The molecule has 2 rings (SSSR count). The van der Waals surface area contributed by atoms with Crippen molar-refractivity contribution in [1.82, 2.24) is 0 Å². The summed E-state index contributed by atoms with van der Waals surface area (Å²) >= 11 is 3.53. The Hall–Kier alpha value is -0.540. The monoisotopic (exact) mass is 297 g/mol. The highest BCUT2D eigenvalue weighted by Crippen LogP contribution is 2.34. The molecule has 0 aliphatic carbocycles. The zero-order chi connectivity index (χ0) is 12.6. The maximum absolute atomic E-state index is 9.85. The lowest BCUT2D eigenvalue weighted by Gasteiger charge is -2.46. The Morgan fingerprint density at radius 3 is 2.76 bits per heavy atom. The van der Waals surface area contributed by atoms with Gasteiger partial charge in [0.15, 0.2) is 0 Å². The summed E-state index contributed by atoms with van der Waals surface area (Å²) in [7, 11) is 0. The third kappa shape index (κ3) is 2.66. The van der Waals surface area contributed by atoms with Crippen molar-refractivity contribution in [3.8, 4) is 0 Å². The Kier molecular flexibility index (Phi) is 3.50. The Labute approximate surface area is 112 Å². The van der Waals surface area contributed by atoms with Gasteiger partial charge in [-0.05, 0) is 57.4 Å². The quantitative estimate of drug-likeness (QED) is 0.858.